The minimum absolute atomic E-state index is 0. The molecule has 3 saturated heterocycles. The highest BCUT2D eigenvalue weighted by molar-refractivity contribution is 5.77. The summed E-state index contributed by atoms with van der Waals surface area (Å²) < 4.78 is 0. The zero-order valence-electron chi connectivity index (χ0n) is 18.1. The van der Waals surface area contributed by atoms with E-state index in [0.717, 1.165) is 14.2 Å². The first-order chi connectivity index (χ1) is 16.0. The Labute approximate surface area is 206 Å². The molecule has 36 heavy (non-hydrogen) atoms. The lowest BCUT2D eigenvalue weighted by atomic mass is 10.5. The first-order valence-corrected chi connectivity index (χ1v) is 9.01. The summed E-state index contributed by atoms with van der Waals surface area (Å²) in [5.74, 6) is 0. The monoisotopic (exact) mass is 540 g/mol. The number of carbonyl (C=O) groups is 3. The van der Waals surface area contributed by atoms with Crippen LogP contribution in [-0.4, -0.2) is 161 Å². The standard InChI is InChI=1S/C5H10N2O5.C4H8N2O4.C3H6N2O3.2CH4O.2CH4/c8-1-6-3(10)4(11)7(2-9)5(6)12;7-1-6-3(9)2(8)5-4(6)10;6-1-2(7)5-3(8)4-1;2*1-2;;/h3-4,8-11H,1-2H2;2-3,7-9H,1H2,(H,5,10);1-2,6-7H,(H2,4,5,8);2*2H,1H3;2*1H4. The molecule has 3 fully saturated rings. The predicted octanol–water partition coefficient (Wildman–Crippen LogP) is -6.72. The smallest absolute Gasteiger partial charge is 0.328 e. The van der Waals surface area contributed by atoms with E-state index in [1.54, 1.807) is 0 Å². The molecule has 0 bridgehead atoms. The van der Waals surface area contributed by atoms with Gasteiger partial charge in [-0.15, -0.1) is 0 Å². The van der Waals surface area contributed by atoms with Crippen LogP contribution < -0.4 is 16.0 Å². The van der Waals surface area contributed by atoms with Crippen molar-refractivity contribution in [3.63, 3.8) is 0 Å². The van der Waals surface area contributed by atoms with Crippen molar-refractivity contribution in [1.82, 2.24) is 30.7 Å². The molecule has 0 radical (unpaired) electrons. The highest BCUT2D eigenvalue weighted by Crippen LogP contribution is 2.17. The quantitative estimate of drug-likeness (QED) is 0.158. The van der Waals surface area contributed by atoms with E-state index in [1.165, 1.54) is 0 Å². The second kappa shape index (κ2) is 20.6. The Morgan fingerprint density at radius 2 is 0.917 bits per heavy atom. The summed E-state index contributed by atoms with van der Waals surface area (Å²) in [7, 11) is 2.00. The number of aliphatic hydroxyl groups is 11. The fraction of sp³-hybridized carbons (Fsp3) is 0.812. The zero-order chi connectivity index (χ0) is 27.2. The van der Waals surface area contributed by atoms with Crippen LogP contribution in [0.2, 0.25) is 0 Å². The van der Waals surface area contributed by atoms with Crippen molar-refractivity contribution in [2.45, 2.75) is 52.2 Å². The number of rotatable bonds is 3. The van der Waals surface area contributed by atoms with Crippen LogP contribution in [0.4, 0.5) is 14.4 Å². The molecule has 6 atom stereocenters. The molecule has 3 heterocycles. The van der Waals surface area contributed by atoms with Gasteiger partial charge in [-0.25, -0.2) is 14.4 Å². The summed E-state index contributed by atoms with van der Waals surface area (Å²) in [4.78, 5) is 33.6. The summed E-state index contributed by atoms with van der Waals surface area (Å²) in [6, 6.07) is -2.03. The Balaban J connectivity index is -0.000000197. The van der Waals surface area contributed by atoms with E-state index in [2.05, 4.69) is 0 Å². The summed E-state index contributed by atoms with van der Waals surface area (Å²) in [5, 5.41) is 98.4. The fourth-order valence-corrected chi connectivity index (χ4v) is 2.19. The normalized spacial score (nSPS) is 27.6. The van der Waals surface area contributed by atoms with Crippen molar-refractivity contribution in [2.75, 3.05) is 34.4 Å². The second-order valence-electron chi connectivity index (χ2n) is 5.76. The van der Waals surface area contributed by atoms with E-state index in [-0.39, 0.29) is 14.9 Å². The lowest BCUT2D eigenvalue weighted by molar-refractivity contribution is -0.0924. The summed E-state index contributed by atoms with van der Waals surface area (Å²) in [6.45, 7) is -2.01. The summed E-state index contributed by atoms with van der Waals surface area (Å²) in [6.07, 6.45) is -7.97. The van der Waals surface area contributed by atoms with Gasteiger partial charge >= 0.3 is 18.1 Å². The van der Waals surface area contributed by atoms with E-state index in [1.807, 2.05) is 16.0 Å². The van der Waals surface area contributed by atoms with Gasteiger partial charge in [0.05, 0.1) is 0 Å². The van der Waals surface area contributed by atoms with Crippen molar-refractivity contribution in [1.29, 1.82) is 0 Å². The van der Waals surface area contributed by atoms with Crippen molar-refractivity contribution < 1.29 is 70.6 Å². The second-order valence-corrected chi connectivity index (χ2v) is 5.76. The molecule has 3 rings (SSSR count). The van der Waals surface area contributed by atoms with Crippen LogP contribution in [0, 0.1) is 0 Å². The van der Waals surface area contributed by atoms with Crippen molar-refractivity contribution in [3.8, 4) is 0 Å². The van der Waals surface area contributed by atoms with Crippen LogP contribution in [0.15, 0.2) is 0 Å². The Hall–Kier alpha value is -2.63. The number of urea groups is 3. The Kier molecular flexibility index (Phi) is 23.1. The van der Waals surface area contributed by atoms with E-state index < -0.39 is 75.7 Å². The minimum Gasteiger partial charge on any atom is -0.400 e. The molecule has 0 aromatic rings. The number of hydrogen-bond donors (Lipinski definition) is 14. The number of amides is 6. The molecule has 20 nitrogen and oxygen atoms in total. The van der Waals surface area contributed by atoms with Gasteiger partial charge in [-0.3, -0.25) is 14.7 Å². The SMILES string of the molecule is C.C.CO.CO.O=C1N(CO)C(O)C(O)N1CO.O=C1NC(O)C(O)N1.O=C1NC(O)C(O)N1CO. The molecule has 3 aliphatic heterocycles. The third kappa shape index (κ3) is 11.0. The van der Waals surface area contributed by atoms with Gasteiger partial charge in [0.2, 0.25) is 0 Å². The van der Waals surface area contributed by atoms with Gasteiger partial charge in [-0.05, 0) is 0 Å². The van der Waals surface area contributed by atoms with Gasteiger partial charge in [0.25, 0.3) is 0 Å². The summed E-state index contributed by atoms with van der Waals surface area (Å²) in [5.41, 5.74) is 0. The van der Waals surface area contributed by atoms with Crippen LogP contribution >= 0.6 is 0 Å². The van der Waals surface area contributed by atoms with Crippen molar-refractivity contribution in [2.24, 2.45) is 0 Å². The third-order valence-electron chi connectivity index (χ3n) is 3.84. The topological polar surface area (TPSA) is 320 Å². The first kappa shape index (κ1) is 40.5. The summed E-state index contributed by atoms with van der Waals surface area (Å²) >= 11 is 0. The molecule has 6 unspecified atom stereocenters. The van der Waals surface area contributed by atoms with Crippen molar-refractivity contribution in [3.05, 3.63) is 0 Å². The Morgan fingerprint density at radius 1 is 0.583 bits per heavy atom. The van der Waals surface area contributed by atoms with E-state index in [4.69, 9.17) is 56.2 Å². The van der Waals surface area contributed by atoms with Gasteiger partial charge in [0.1, 0.15) is 20.2 Å². The third-order valence-corrected chi connectivity index (χ3v) is 3.84. The van der Waals surface area contributed by atoms with E-state index >= 15 is 0 Å². The van der Waals surface area contributed by atoms with Crippen LogP contribution in [0.5, 0.6) is 0 Å². The molecular weight excluding hydrogens is 500 g/mol. The average molecular weight is 541 g/mol. The molecule has 0 aliphatic carbocycles. The number of nitrogens with zero attached hydrogens (tertiary/aromatic N) is 3. The largest absolute Gasteiger partial charge is 0.400 e. The minimum atomic E-state index is -1.49. The molecule has 3 aliphatic rings. The van der Waals surface area contributed by atoms with Crippen LogP contribution in [0.1, 0.15) is 14.9 Å². The van der Waals surface area contributed by atoms with Crippen molar-refractivity contribution >= 4 is 18.1 Å². The first-order valence-electron chi connectivity index (χ1n) is 9.01. The number of aliphatic hydroxyl groups excluding tert-OH is 11. The lowest BCUT2D eigenvalue weighted by Gasteiger charge is -2.15. The fourth-order valence-electron chi connectivity index (χ4n) is 2.19. The number of nitrogens with one attached hydrogen (secondary N) is 3. The molecule has 0 saturated carbocycles. The molecule has 218 valence electrons. The molecule has 14 N–H and O–H groups in total. The predicted molar refractivity (Wildman–Crippen MR) is 118 cm³/mol. The van der Waals surface area contributed by atoms with Gasteiger partial charge < -0.3 is 72.1 Å². The lowest BCUT2D eigenvalue weighted by Crippen LogP contribution is -2.37. The maximum absolute atomic E-state index is 11.0. The molecule has 6 amide bonds. The molecular formula is C16H40N6O14. The van der Waals surface area contributed by atoms with Gasteiger partial charge in [0.15, 0.2) is 37.4 Å². The Bertz CT molecular complexity index is 590. The van der Waals surface area contributed by atoms with Gasteiger partial charge in [0, 0.05) is 14.2 Å². The van der Waals surface area contributed by atoms with E-state index in [0.29, 0.717) is 14.7 Å². The molecule has 0 aromatic carbocycles. The van der Waals surface area contributed by atoms with Gasteiger partial charge in [-0.2, -0.15) is 0 Å². The highest BCUT2D eigenvalue weighted by Gasteiger charge is 2.43. The maximum Gasteiger partial charge on any atom is 0.328 e. The number of carbonyl (C=O) groups excluding carboxylic acids is 3. The number of hydrogen-bond acceptors (Lipinski definition) is 14. The zero-order valence-corrected chi connectivity index (χ0v) is 18.1. The van der Waals surface area contributed by atoms with E-state index in [9.17, 15) is 14.4 Å². The average Bonchev–Trinajstić information content (AvgIpc) is 3.34. The Morgan fingerprint density at radius 3 is 1.06 bits per heavy atom. The maximum atomic E-state index is 11.0. The molecule has 20 heteroatoms. The van der Waals surface area contributed by atoms with Gasteiger partial charge in [-0.1, -0.05) is 14.9 Å². The van der Waals surface area contributed by atoms with Crippen LogP contribution in [0.3, 0.4) is 0 Å². The highest BCUT2D eigenvalue weighted by atomic mass is 16.4. The molecule has 0 aromatic heterocycles. The van der Waals surface area contributed by atoms with Crippen LogP contribution in [-0.2, 0) is 0 Å². The van der Waals surface area contributed by atoms with Crippen LogP contribution in [0.25, 0.3) is 0 Å². The molecule has 0 spiro atoms.